The quantitative estimate of drug-likeness (QED) is 0.819. The number of ketones is 1. The molecule has 64 valence electrons. The molecular weight excluding hydrogens is 244 g/mol. The number of hydrogen-bond donors (Lipinski definition) is 1. The van der Waals surface area contributed by atoms with Crippen molar-refractivity contribution in [3.8, 4) is 0 Å². The van der Waals surface area contributed by atoms with Crippen LogP contribution in [-0.4, -0.2) is 16.9 Å². The van der Waals surface area contributed by atoms with Crippen molar-refractivity contribution >= 4 is 39.0 Å². The number of aromatic carboxylic acids is 1. The highest BCUT2D eigenvalue weighted by Crippen LogP contribution is 2.27. The van der Waals surface area contributed by atoms with Gasteiger partial charge >= 0.3 is 5.97 Å². The van der Waals surface area contributed by atoms with E-state index in [0.29, 0.717) is 4.47 Å². The van der Waals surface area contributed by atoms with Gasteiger partial charge in [0.25, 0.3) is 0 Å². The van der Waals surface area contributed by atoms with Crippen molar-refractivity contribution in [2.24, 2.45) is 0 Å². The van der Waals surface area contributed by atoms with Gasteiger partial charge in [0.05, 0.1) is 10.4 Å². The highest BCUT2D eigenvalue weighted by Gasteiger charge is 2.19. The topological polar surface area (TPSA) is 54.4 Å². The van der Waals surface area contributed by atoms with E-state index in [0.717, 1.165) is 11.3 Å². The molecule has 0 aliphatic heterocycles. The van der Waals surface area contributed by atoms with Crippen LogP contribution >= 0.6 is 27.3 Å². The Morgan fingerprint density at radius 3 is 2.50 bits per heavy atom. The summed E-state index contributed by atoms with van der Waals surface area (Å²) in [6.45, 7) is 1.35. The fourth-order valence-electron chi connectivity index (χ4n) is 0.795. The molecule has 3 nitrogen and oxygen atoms in total. The first kappa shape index (κ1) is 9.41. The molecule has 1 rings (SSSR count). The Morgan fingerprint density at radius 2 is 2.17 bits per heavy atom. The van der Waals surface area contributed by atoms with Crippen LogP contribution in [0.3, 0.4) is 0 Å². The van der Waals surface area contributed by atoms with Gasteiger partial charge in [0.15, 0.2) is 5.78 Å². The molecule has 1 aromatic heterocycles. The molecule has 0 radical (unpaired) electrons. The maximum Gasteiger partial charge on any atom is 0.338 e. The maximum absolute atomic E-state index is 10.9. The van der Waals surface area contributed by atoms with Gasteiger partial charge in [-0.3, -0.25) is 4.79 Å². The molecule has 0 bridgehead atoms. The molecule has 0 spiro atoms. The lowest BCUT2D eigenvalue weighted by molar-refractivity contribution is 0.0692. The number of carboxylic acids is 1. The van der Waals surface area contributed by atoms with E-state index in [9.17, 15) is 9.59 Å². The number of hydrogen-bond acceptors (Lipinski definition) is 3. The van der Waals surface area contributed by atoms with Gasteiger partial charge in [-0.05, 0) is 22.9 Å². The Kier molecular flexibility index (Phi) is 2.64. The average Bonchev–Trinajstić information content (AvgIpc) is 2.30. The maximum atomic E-state index is 10.9. The first-order valence-corrected chi connectivity index (χ1v) is 4.72. The number of thiophene rings is 1. The van der Waals surface area contributed by atoms with Crippen LogP contribution in [0.15, 0.2) is 9.85 Å². The number of carbonyl (C=O) groups excluding carboxylic acids is 1. The molecule has 1 heterocycles. The minimum Gasteiger partial charge on any atom is -0.478 e. The number of halogens is 1. The Morgan fingerprint density at radius 1 is 1.58 bits per heavy atom. The largest absolute Gasteiger partial charge is 0.478 e. The van der Waals surface area contributed by atoms with Gasteiger partial charge in [-0.25, -0.2) is 4.79 Å². The molecular formula is C7H5BrO3S. The monoisotopic (exact) mass is 248 g/mol. The summed E-state index contributed by atoms with van der Waals surface area (Å²) >= 11 is 4.20. The molecule has 0 aliphatic rings. The Labute approximate surface area is 81.2 Å². The first-order chi connectivity index (χ1) is 5.54. The lowest BCUT2D eigenvalue weighted by Crippen LogP contribution is -2.02. The van der Waals surface area contributed by atoms with E-state index >= 15 is 0 Å². The van der Waals surface area contributed by atoms with Crippen LogP contribution in [0.4, 0.5) is 0 Å². The molecule has 0 saturated heterocycles. The van der Waals surface area contributed by atoms with Crippen molar-refractivity contribution in [2.45, 2.75) is 6.92 Å². The van der Waals surface area contributed by atoms with Crippen LogP contribution in [0.5, 0.6) is 0 Å². The van der Waals surface area contributed by atoms with E-state index in [1.165, 1.54) is 6.92 Å². The molecule has 12 heavy (non-hydrogen) atoms. The second kappa shape index (κ2) is 3.37. The van der Waals surface area contributed by atoms with Crippen LogP contribution in [0.2, 0.25) is 0 Å². The predicted molar refractivity (Wildman–Crippen MR) is 49.0 cm³/mol. The highest BCUT2D eigenvalue weighted by atomic mass is 79.9. The summed E-state index contributed by atoms with van der Waals surface area (Å²) in [7, 11) is 0. The van der Waals surface area contributed by atoms with Crippen molar-refractivity contribution in [1.29, 1.82) is 0 Å². The number of rotatable bonds is 2. The number of Topliss-reactive ketones (excluding diaryl/α,β-unsaturated/α-hetero) is 1. The molecule has 0 aliphatic carbocycles. The van der Waals surface area contributed by atoms with Crippen molar-refractivity contribution in [3.63, 3.8) is 0 Å². The van der Waals surface area contributed by atoms with Crippen LogP contribution in [0.25, 0.3) is 0 Å². The van der Waals surface area contributed by atoms with Crippen molar-refractivity contribution in [3.05, 3.63) is 20.3 Å². The third-order valence-corrected chi connectivity index (χ3v) is 3.29. The summed E-state index contributed by atoms with van der Waals surface area (Å²) in [5.74, 6) is -1.29. The van der Waals surface area contributed by atoms with Gasteiger partial charge in [0.2, 0.25) is 0 Å². The molecule has 1 aromatic rings. The molecule has 1 N–H and O–H groups in total. The summed E-state index contributed by atoms with van der Waals surface area (Å²) in [6.07, 6.45) is 0. The predicted octanol–water partition coefficient (Wildman–Crippen LogP) is 2.41. The lowest BCUT2D eigenvalue weighted by atomic mass is 10.2. The van der Waals surface area contributed by atoms with E-state index in [4.69, 9.17) is 5.11 Å². The molecule has 0 aromatic carbocycles. The van der Waals surface area contributed by atoms with E-state index in [1.54, 1.807) is 5.38 Å². The SMILES string of the molecule is CC(=O)c1scc(Br)c1C(=O)O. The van der Waals surface area contributed by atoms with E-state index < -0.39 is 5.97 Å². The lowest BCUT2D eigenvalue weighted by Gasteiger charge is -1.93. The smallest absolute Gasteiger partial charge is 0.338 e. The third-order valence-electron chi connectivity index (χ3n) is 1.28. The first-order valence-electron chi connectivity index (χ1n) is 3.05. The van der Waals surface area contributed by atoms with Crippen molar-refractivity contribution in [1.82, 2.24) is 0 Å². The van der Waals surface area contributed by atoms with E-state index in [-0.39, 0.29) is 16.2 Å². The van der Waals surface area contributed by atoms with Crippen molar-refractivity contribution < 1.29 is 14.7 Å². The average molecular weight is 249 g/mol. The summed E-state index contributed by atoms with van der Waals surface area (Å²) in [4.78, 5) is 21.8. The van der Waals surface area contributed by atoms with Crippen LogP contribution < -0.4 is 0 Å². The molecule has 0 amide bonds. The zero-order chi connectivity index (χ0) is 9.30. The molecule has 5 heteroatoms. The van der Waals surface area contributed by atoms with Gasteiger partial charge in [0, 0.05) is 9.85 Å². The molecule has 0 fully saturated rings. The van der Waals surface area contributed by atoms with Crippen LogP contribution in [0, 0.1) is 0 Å². The van der Waals surface area contributed by atoms with Crippen LogP contribution in [-0.2, 0) is 0 Å². The Bertz CT molecular complexity index is 342. The highest BCUT2D eigenvalue weighted by molar-refractivity contribution is 9.10. The summed E-state index contributed by atoms with van der Waals surface area (Å²) in [5.41, 5.74) is 0.0625. The van der Waals surface area contributed by atoms with Crippen molar-refractivity contribution in [2.75, 3.05) is 0 Å². The standard InChI is InChI=1S/C7H5BrO3S/c1-3(9)6-5(7(10)11)4(8)2-12-6/h2H,1H3,(H,10,11). The van der Waals surface area contributed by atoms with Gasteiger partial charge in [-0.2, -0.15) is 0 Å². The van der Waals surface area contributed by atoms with Gasteiger partial charge in [-0.1, -0.05) is 0 Å². The molecule has 0 unspecified atom stereocenters. The third kappa shape index (κ3) is 1.56. The Hall–Kier alpha value is -0.680. The van der Waals surface area contributed by atoms with Gasteiger partial charge < -0.3 is 5.11 Å². The number of carboxylic acid groups (broad SMARTS) is 1. The summed E-state index contributed by atoms with van der Waals surface area (Å²) in [5, 5.41) is 10.3. The zero-order valence-corrected chi connectivity index (χ0v) is 8.53. The fourth-order valence-corrected chi connectivity index (χ4v) is 2.39. The Balaban J connectivity index is 3.31. The summed E-state index contributed by atoms with van der Waals surface area (Å²) in [6, 6.07) is 0. The fraction of sp³-hybridized carbons (Fsp3) is 0.143. The minimum atomic E-state index is -1.08. The summed E-state index contributed by atoms with van der Waals surface area (Å²) < 4.78 is 0.463. The molecule has 0 saturated carbocycles. The van der Waals surface area contributed by atoms with E-state index in [1.807, 2.05) is 0 Å². The van der Waals surface area contributed by atoms with E-state index in [2.05, 4.69) is 15.9 Å². The second-order valence-corrected chi connectivity index (χ2v) is 3.88. The molecule has 0 atom stereocenters. The zero-order valence-electron chi connectivity index (χ0n) is 6.13. The minimum absolute atomic E-state index is 0.0625. The van der Waals surface area contributed by atoms with Crippen LogP contribution in [0.1, 0.15) is 27.0 Å². The second-order valence-electron chi connectivity index (χ2n) is 2.15. The number of carbonyl (C=O) groups is 2. The normalized spacial score (nSPS) is 9.83. The van der Waals surface area contributed by atoms with Gasteiger partial charge in [0.1, 0.15) is 0 Å². The van der Waals surface area contributed by atoms with Gasteiger partial charge in [-0.15, -0.1) is 11.3 Å².